The Kier molecular flexibility index (Phi) is 5.75. The molecule has 1 aromatic rings. The van der Waals surface area contributed by atoms with Crippen LogP contribution in [-0.2, 0) is 11.0 Å². The van der Waals surface area contributed by atoms with E-state index < -0.39 is 17.6 Å². The van der Waals surface area contributed by atoms with Gasteiger partial charge >= 0.3 is 6.18 Å². The van der Waals surface area contributed by atoms with Crippen LogP contribution in [0.15, 0.2) is 18.2 Å². The summed E-state index contributed by atoms with van der Waals surface area (Å²) >= 11 is 10.4. The second kappa shape index (κ2) is 7.10. The minimum atomic E-state index is -4.54. The van der Waals surface area contributed by atoms with E-state index in [2.05, 4.69) is 16.2 Å². The number of carbonyl (C=O) groups is 1. The summed E-state index contributed by atoms with van der Waals surface area (Å²) < 4.78 is 37.8. The fourth-order valence-corrected chi connectivity index (χ4v) is 1.63. The first-order valence-electron chi connectivity index (χ1n) is 5.33. The number of hydrogen-bond acceptors (Lipinski definition) is 3. The molecule has 10 heteroatoms. The fraction of sp³-hybridized carbons (Fsp3) is 0.182. The van der Waals surface area contributed by atoms with Crippen LogP contribution in [0.2, 0.25) is 5.02 Å². The molecule has 0 bridgehead atoms. The maximum atomic E-state index is 12.6. The van der Waals surface area contributed by atoms with E-state index in [-0.39, 0.29) is 22.2 Å². The van der Waals surface area contributed by atoms with Crippen LogP contribution < -0.4 is 16.2 Å². The molecule has 0 aromatic heterocycles. The molecular formula is C11H8ClF3N4OS. The van der Waals surface area contributed by atoms with E-state index in [0.29, 0.717) is 0 Å². The van der Waals surface area contributed by atoms with Crippen molar-refractivity contribution in [2.75, 3.05) is 5.32 Å². The van der Waals surface area contributed by atoms with E-state index in [9.17, 15) is 18.0 Å². The monoisotopic (exact) mass is 336 g/mol. The molecule has 0 spiro atoms. The first kappa shape index (κ1) is 17.0. The van der Waals surface area contributed by atoms with Crippen molar-refractivity contribution in [2.45, 2.75) is 12.6 Å². The number of amides is 1. The Balaban J connectivity index is 2.71. The van der Waals surface area contributed by atoms with Gasteiger partial charge in [-0.2, -0.15) is 18.4 Å². The third kappa shape index (κ3) is 5.85. The number of halogens is 4. The number of nitriles is 1. The zero-order valence-corrected chi connectivity index (χ0v) is 11.8. The summed E-state index contributed by atoms with van der Waals surface area (Å²) in [5.74, 6) is -0.635. The molecule has 0 saturated carbocycles. The van der Waals surface area contributed by atoms with E-state index in [0.717, 1.165) is 12.1 Å². The molecular weight excluding hydrogens is 329 g/mol. The Morgan fingerprint density at radius 1 is 1.33 bits per heavy atom. The number of nitrogens with zero attached hydrogens (tertiary/aromatic N) is 1. The Hall–Kier alpha value is -2.05. The van der Waals surface area contributed by atoms with Crippen molar-refractivity contribution in [1.82, 2.24) is 10.9 Å². The van der Waals surface area contributed by atoms with Crippen LogP contribution in [0.5, 0.6) is 0 Å². The normalized spacial score (nSPS) is 10.4. The maximum absolute atomic E-state index is 12.6. The first-order chi connectivity index (χ1) is 9.72. The summed E-state index contributed by atoms with van der Waals surface area (Å²) in [6.07, 6.45) is -4.93. The molecule has 1 amide bonds. The highest BCUT2D eigenvalue weighted by molar-refractivity contribution is 7.80. The lowest BCUT2D eigenvalue weighted by Gasteiger charge is -2.13. The molecule has 0 radical (unpaired) electrons. The molecule has 1 aromatic carbocycles. The Morgan fingerprint density at radius 2 is 2.00 bits per heavy atom. The highest BCUT2D eigenvalue weighted by atomic mass is 35.5. The second-order valence-electron chi connectivity index (χ2n) is 3.69. The van der Waals surface area contributed by atoms with Crippen LogP contribution >= 0.6 is 23.8 Å². The van der Waals surface area contributed by atoms with Crippen molar-refractivity contribution in [2.24, 2.45) is 0 Å². The fourth-order valence-electron chi connectivity index (χ4n) is 1.23. The van der Waals surface area contributed by atoms with Gasteiger partial charge in [-0.3, -0.25) is 15.6 Å². The molecule has 3 N–H and O–H groups in total. The van der Waals surface area contributed by atoms with Crippen LogP contribution in [0.1, 0.15) is 12.0 Å². The summed E-state index contributed by atoms with van der Waals surface area (Å²) in [5.41, 5.74) is 3.40. The summed E-state index contributed by atoms with van der Waals surface area (Å²) in [6.45, 7) is 0. The largest absolute Gasteiger partial charge is 0.416 e. The lowest BCUT2D eigenvalue weighted by atomic mass is 10.2. The SMILES string of the molecule is N#CCC(=O)NNC(=S)Nc1cc(Cl)cc(C(F)(F)F)c1. The number of thiocarbonyl (C=S) groups is 1. The van der Waals surface area contributed by atoms with Gasteiger partial charge < -0.3 is 5.32 Å². The van der Waals surface area contributed by atoms with E-state index >= 15 is 0 Å². The van der Waals surface area contributed by atoms with Crippen LogP contribution in [0, 0.1) is 11.3 Å². The number of rotatable bonds is 2. The third-order valence-corrected chi connectivity index (χ3v) is 2.46. The molecule has 0 heterocycles. The summed E-state index contributed by atoms with van der Waals surface area (Å²) in [7, 11) is 0. The zero-order valence-electron chi connectivity index (χ0n) is 10.2. The van der Waals surface area contributed by atoms with Crippen molar-refractivity contribution in [3.63, 3.8) is 0 Å². The van der Waals surface area contributed by atoms with Gasteiger partial charge in [0.1, 0.15) is 6.42 Å². The minimum Gasteiger partial charge on any atom is -0.331 e. The van der Waals surface area contributed by atoms with Crippen molar-refractivity contribution in [3.8, 4) is 6.07 Å². The van der Waals surface area contributed by atoms with Crippen LogP contribution in [0.4, 0.5) is 18.9 Å². The van der Waals surface area contributed by atoms with Gasteiger partial charge in [-0.15, -0.1) is 0 Å². The molecule has 1 rings (SSSR count). The van der Waals surface area contributed by atoms with Gasteiger partial charge in [0.15, 0.2) is 5.11 Å². The van der Waals surface area contributed by atoms with Gasteiger partial charge in [0, 0.05) is 10.7 Å². The lowest BCUT2D eigenvalue weighted by Crippen LogP contribution is -2.43. The van der Waals surface area contributed by atoms with Gasteiger partial charge in [-0.05, 0) is 30.4 Å². The molecule has 0 aliphatic carbocycles. The molecule has 0 atom stereocenters. The van der Waals surface area contributed by atoms with Gasteiger partial charge in [0.2, 0.25) is 0 Å². The molecule has 5 nitrogen and oxygen atoms in total. The number of hydrogen-bond donors (Lipinski definition) is 3. The van der Waals surface area contributed by atoms with Gasteiger partial charge in [-0.1, -0.05) is 11.6 Å². The number of hydrazine groups is 1. The topological polar surface area (TPSA) is 77.0 Å². The van der Waals surface area contributed by atoms with Crippen molar-refractivity contribution >= 4 is 40.5 Å². The van der Waals surface area contributed by atoms with E-state index in [1.165, 1.54) is 6.07 Å². The van der Waals surface area contributed by atoms with Crippen molar-refractivity contribution < 1.29 is 18.0 Å². The number of nitrogens with one attached hydrogen (secondary N) is 3. The van der Waals surface area contributed by atoms with Gasteiger partial charge in [0.25, 0.3) is 5.91 Å². The predicted molar refractivity (Wildman–Crippen MR) is 74.2 cm³/mol. The number of benzene rings is 1. The molecule has 0 saturated heterocycles. The summed E-state index contributed by atoms with van der Waals surface area (Å²) in [6, 6.07) is 4.44. The van der Waals surface area contributed by atoms with Crippen LogP contribution in [-0.4, -0.2) is 11.0 Å². The smallest absolute Gasteiger partial charge is 0.331 e. The molecule has 0 fully saturated rings. The molecule has 0 aliphatic heterocycles. The molecule has 112 valence electrons. The quantitative estimate of drug-likeness (QED) is 0.571. The second-order valence-corrected chi connectivity index (χ2v) is 4.53. The van der Waals surface area contributed by atoms with Crippen molar-refractivity contribution in [1.29, 1.82) is 5.26 Å². The van der Waals surface area contributed by atoms with E-state index in [1.807, 2.05) is 0 Å². The van der Waals surface area contributed by atoms with Gasteiger partial charge in [-0.25, -0.2) is 0 Å². The van der Waals surface area contributed by atoms with Crippen LogP contribution in [0.3, 0.4) is 0 Å². The zero-order chi connectivity index (χ0) is 16.0. The third-order valence-electron chi connectivity index (χ3n) is 2.04. The molecule has 21 heavy (non-hydrogen) atoms. The molecule has 0 unspecified atom stereocenters. The average molecular weight is 337 g/mol. The molecule has 0 aliphatic rings. The van der Waals surface area contributed by atoms with E-state index in [4.69, 9.17) is 29.1 Å². The number of carbonyl (C=O) groups excluding carboxylic acids is 1. The Labute approximate surface area is 128 Å². The lowest BCUT2D eigenvalue weighted by molar-refractivity contribution is -0.137. The summed E-state index contributed by atoms with van der Waals surface area (Å²) in [4.78, 5) is 11.0. The average Bonchev–Trinajstić information content (AvgIpc) is 2.35. The standard InChI is InChI=1S/C11H8ClF3N4OS/c12-7-3-6(11(13,14)15)4-8(5-7)17-10(21)19-18-9(20)1-2-16/h3-5H,1H2,(H,18,20)(H2,17,19,21). The number of anilines is 1. The highest BCUT2D eigenvalue weighted by Crippen LogP contribution is 2.33. The predicted octanol–water partition coefficient (Wildman–Crippen LogP) is 2.59. The van der Waals surface area contributed by atoms with Crippen molar-refractivity contribution in [3.05, 3.63) is 28.8 Å². The first-order valence-corrected chi connectivity index (χ1v) is 6.11. The summed E-state index contributed by atoms with van der Waals surface area (Å²) in [5, 5.41) is 10.4. The highest BCUT2D eigenvalue weighted by Gasteiger charge is 2.31. The van der Waals surface area contributed by atoms with Gasteiger partial charge in [0.05, 0.1) is 11.6 Å². The Morgan fingerprint density at radius 3 is 2.57 bits per heavy atom. The van der Waals surface area contributed by atoms with E-state index in [1.54, 1.807) is 6.07 Å². The Bertz CT molecular complexity index is 600. The van der Waals surface area contributed by atoms with Crippen LogP contribution in [0.25, 0.3) is 0 Å². The number of alkyl halides is 3. The maximum Gasteiger partial charge on any atom is 0.416 e. The minimum absolute atomic E-state index is 0.00172.